The normalized spacial score (nSPS) is 17.5. The van der Waals surface area contributed by atoms with Gasteiger partial charge in [-0.2, -0.15) is 0 Å². The quantitative estimate of drug-likeness (QED) is 0.512. The molecule has 0 saturated heterocycles. The van der Waals surface area contributed by atoms with Crippen LogP contribution in [0.4, 0.5) is 0 Å². The molecular formula is C11H10Br2N3O2+. The van der Waals surface area contributed by atoms with Gasteiger partial charge in [-0.05, 0) is 55.6 Å². The van der Waals surface area contributed by atoms with Gasteiger partial charge in [-0.1, -0.05) is 0 Å². The molecule has 0 atom stereocenters. The molecule has 0 bridgehead atoms. The number of hydrogen-bond donors (Lipinski definition) is 3. The smallest absolute Gasteiger partial charge is 0.356 e. The molecule has 1 heterocycles. The molecule has 0 aliphatic carbocycles. The van der Waals surface area contributed by atoms with Gasteiger partial charge in [0.2, 0.25) is 0 Å². The van der Waals surface area contributed by atoms with Gasteiger partial charge in [0.05, 0.1) is 16.0 Å². The predicted octanol–water partition coefficient (Wildman–Crippen LogP) is 1.34. The first kappa shape index (κ1) is 13.1. The Morgan fingerprint density at radius 3 is 2.39 bits per heavy atom. The van der Waals surface area contributed by atoms with Crippen LogP contribution >= 0.6 is 31.9 Å². The zero-order valence-electron chi connectivity index (χ0n) is 9.37. The second-order valence-corrected chi connectivity index (χ2v) is 5.47. The molecule has 1 aromatic rings. The van der Waals surface area contributed by atoms with Crippen molar-refractivity contribution in [3.8, 4) is 5.75 Å². The molecule has 4 N–H and O–H groups in total. The molecule has 18 heavy (non-hydrogen) atoms. The molecule has 0 spiro atoms. The molecule has 0 aromatic heterocycles. The number of likely N-dealkylation sites (N-methyl/N-ethyl adjacent to an activating group) is 1. The lowest BCUT2D eigenvalue weighted by Gasteiger charge is -2.03. The van der Waals surface area contributed by atoms with Gasteiger partial charge in [0.1, 0.15) is 5.75 Å². The molecule has 0 unspecified atom stereocenters. The highest BCUT2D eigenvalue weighted by Gasteiger charge is 2.28. The van der Waals surface area contributed by atoms with Crippen molar-refractivity contribution < 1.29 is 14.5 Å². The van der Waals surface area contributed by atoms with E-state index in [4.69, 9.17) is 5.73 Å². The summed E-state index contributed by atoms with van der Waals surface area (Å²) in [4.78, 5) is 11.6. The third-order valence-electron chi connectivity index (χ3n) is 2.54. The van der Waals surface area contributed by atoms with Crippen molar-refractivity contribution in [1.82, 2.24) is 5.32 Å². The highest BCUT2D eigenvalue weighted by Crippen LogP contribution is 2.34. The minimum Gasteiger partial charge on any atom is -0.506 e. The predicted molar refractivity (Wildman–Crippen MR) is 75.0 cm³/mol. The lowest BCUT2D eigenvalue weighted by Crippen LogP contribution is -2.32. The summed E-state index contributed by atoms with van der Waals surface area (Å²) in [5.41, 5.74) is 6.81. The Labute approximate surface area is 120 Å². The summed E-state index contributed by atoms with van der Waals surface area (Å²) in [6.07, 6.45) is 1.68. The highest BCUT2D eigenvalue weighted by atomic mass is 79.9. The van der Waals surface area contributed by atoms with Crippen molar-refractivity contribution in [2.75, 3.05) is 7.05 Å². The van der Waals surface area contributed by atoms with E-state index >= 15 is 0 Å². The topological polar surface area (TPSA) is 78.4 Å². The van der Waals surface area contributed by atoms with E-state index in [9.17, 15) is 9.90 Å². The Morgan fingerprint density at radius 1 is 1.39 bits per heavy atom. The van der Waals surface area contributed by atoms with Crippen LogP contribution in [0.25, 0.3) is 6.08 Å². The number of hydrogen-bond acceptors (Lipinski definition) is 3. The number of carbonyl (C=O) groups is 1. The first-order valence-corrected chi connectivity index (χ1v) is 6.56. The van der Waals surface area contributed by atoms with Gasteiger partial charge in [0.25, 0.3) is 0 Å². The Hall–Kier alpha value is -1.34. The molecule has 7 heteroatoms. The SMILES string of the molecule is C[N+]1=C(N)NC(=O)/C1=C/c1cc(Br)c(O)c(Br)c1. The van der Waals surface area contributed by atoms with Crippen LogP contribution in [-0.4, -0.2) is 28.6 Å². The number of carbonyl (C=O) groups excluding carboxylic acids is 1. The van der Waals surface area contributed by atoms with Crippen LogP contribution in [-0.2, 0) is 4.79 Å². The average Bonchev–Trinajstić information content (AvgIpc) is 2.53. The summed E-state index contributed by atoms with van der Waals surface area (Å²) in [7, 11) is 1.70. The number of aromatic hydroxyl groups is 1. The standard InChI is InChI=1S/C11H9Br2N3O2/c1-16-8(10(18)15-11(16)14)4-5-2-6(12)9(17)7(13)3-5/h2-4H,1H3,(H3,14,15,17,18)/p+1. The highest BCUT2D eigenvalue weighted by molar-refractivity contribution is 9.11. The second-order valence-electron chi connectivity index (χ2n) is 3.76. The van der Waals surface area contributed by atoms with E-state index in [0.29, 0.717) is 20.6 Å². The fourth-order valence-electron chi connectivity index (χ4n) is 1.53. The van der Waals surface area contributed by atoms with Crippen LogP contribution in [0.2, 0.25) is 0 Å². The maximum Gasteiger partial charge on any atom is 0.356 e. The largest absolute Gasteiger partial charge is 0.506 e. The average molecular weight is 376 g/mol. The zero-order valence-corrected chi connectivity index (χ0v) is 12.5. The number of guanidine groups is 1. The molecule has 2 rings (SSSR count). The lowest BCUT2D eigenvalue weighted by molar-refractivity contribution is -0.432. The Kier molecular flexibility index (Phi) is 3.45. The molecular weight excluding hydrogens is 366 g/mol. The molecule has 0 radical (unpaired) electrons. The fraction of sp³-hybridized carbons (Fsp3) is 0.0909. The van der Waals surface area contributed by atoms with Gasteiger partial charge >= 0.3 is 11.9 Å². The maximum absolute atomic E-state index is 11.6. The Balaban J connectivity index is 2.49. The molecule has 5 nitrogen and oxygen atoms in total. The van der Waals surface area contributed by atoms with Crippen molar-refractivity contribution in [1.29, 1.82) is 0 Å². The number of benzene rings is 1. The van der Waals surface area contributed by atoms with E-state index in [-0.39, 0.29) is 11.7 Å². The van der Waals surface area contributed by atoms with Gasteiger partial charge in [-0.15, -0.1) is 0 Å². The molecule has 1 amide bonds. The summed E-state index contributed by atoms with van der Waals surface area (Å²) in [6, 6.07) is 3.42. The monoisotopic (exact) mass is 374 g/mol. The van der Waals surface area contributed by atoms with E-state index in [1.807, 2.05) is 0 Å². The van der Waals surface area contributed by atoms with E-state index in [1.165, 1.54) is 0 Å². The number of nitrogens with two attached hydrogens (primary N) is 1. The Morgan fingerprint density at radius 2 is 1.94 bits per heavy atom. The number of amides is 1. The van der Waals surface area contributed by atoms with Crippen molar-refractivity contribution in [3.05, 3.63) is 32.3 Å². The summed E-state index contributed by atoms with van der Waals surface area (Å²) in [5, 5.41) is 12.1. The van der Waals surface area contributed by atoms with Gasteiger partial charge < -0.3 is 5.11 Å². The van der Waals surface area contributed by atoms with Crippen LogP contribution in [0.5, 0.6) is 5.75 Å². The number of rotatable bonds is 1. The minimum absolute atomic E-state index is 0.118. The van der Waals surface area contributed by atoms with Gasteiger partial charge in [-0.3, -0.25) is 5.73 Å². The van der Waals surface area contributed by atoms with E-state index < -0.39 is 0 Å². The molecule has 94 valence electrons. The molecule has 1 aliphatic rings. The van der Waals surface area contributed by atoms with Crippen molar-refractivity contribution >= 4 is 49.8 Å². The number of phenolic OH excluding ortho intramolecular Hbond substituents is 1. The molecule has 1 aromatic carbocycles. The van der Waals surface area contributed by atoms with Gasteiger partial charge in [-0.25, -0.2) is 14.7 Å². The van der Waals surface area contributed by atoms with Crippen LogP contribution in [0.15, 0.2) is 26.8 Å². The first-order valence-electron chi connectivity index (χ1n) is 4.97. The van der Waals surface area contributed by atoms with Crippen molar-refractivity contribution in [2.45, 2.75) is 0 Å². The van der Waals surface area contributed by atoms with Crippen LogP contribution in [0.1, 0.15) is 5.56 Å². The number of phenols is 1. The number of nitrogens with zero attached hydrogens (tertiary/aromatic N) is 1. The van der Waals surface area contributed by atoms with E-state index in [1.54, 1.807) is 29.8 Å². The molecule has 1 aliphatic heterocycles. The van der Waals surface area contributed by atoms with Crippen molar-refractivity contribution in [3.63, 3.8) is 0 Å². The summed E-state index contributed by atoms with van der Waals surface area (Å²) in [6.45, 7) is 0. The minimum atomic E-state index is -0.254. The second kappa shape index (κ2) is 4.74. The summed E-state index contributed by atoms with van der Waals surface area (Å²) >= 11 is 6.47. The van der Waals surface area contributed by atoms with Crippen LogP contribution < -0.4 is 11.1 Å². The maximum atomic E-state index is 11.6. The van der Waals surface area contributed by atoms with Gasteiger partial charge in [0, 0.05) is 0 Å². The number of nitrogens with one attached hydrogen (secondary N) is 1. The first-order chi connectivity index (χ1) is 8.40. The van der Waals surface area contributed by atoms with Gasteiger partial charge in [0.15, 0.2) is 5.70 Å². The van der Waals surface area contributed by atoms with Crippen LogP contribution in [0, 0.1) is 0 Å². The van der Waals surface area contributed by atoms with Crippen molar-refractivity contribution in [2.24, 2.45) is 5.73 Å². The molecule has 0 saturated carbocycles. The number of halogens is 2. The Bertz CT molecular complexity index is 585. The summed E-state index contributed by atoms with van der Waals surface area (Å²) < 4.78 is 2.65. The third kappa shape index (κ3) is 2.28. The van der Waals surface area contributed by atoms with E-state index in [0.717, 1.165) is 5.56 Å². The van der Waals surface area contributed by atoms with E-state index in [2.05, 4.69) is 37.2 Å². The zero-order chi connectivity index (χ0) is 13.4. The lowest BCUT2D eigenvalue weighted by atomic mass is 10.2. The molecule has 0 fully saturated rings. The third-order valence-corrected chi connectivity index (χ3v) is 3.75. The van der Waals surface area contributed by atoms with Crippen LogP contribution in [0.3, 0.4) is 0 Å². The fourth-order valence-corrected chi connectivity index (χ4v) is 2.76. The summed E-state index contributed by atoms with van der Waals surface area (Å²) in [5.74, 6) is 0.158.